The van der Waals surface area contributed by atoms with Gasteiger partial charge in [-0.05, 0) is 11.0 Å². The van der Waals surface area contributed by atoms with Gasteiger partial charge in [0, 0.05) is 0 Å². The molecule has 0 aliphatic carbocycles. The monoisotopic (exact) mass is 384 g/mol. The van der Waals surface area contributed by atoms with Crippen LogP contribution >= 0.6 is 49.6 Å². The first kappa shape index (κ1) is 103. The Morgan fingerprint density at radius 1 is 0.500 bits per heavy atom. The van der Waals surface area contributed by atoms with Crippen molar-refractivity contribution < 1.29 is 24.8 Å². The van der Waals surface area contributed by atoms with Crippen LogP contribution in [0.3, 0.4) is 0 Å². The third-order valence-electron chi connectivity index (χ3n) is 0. The van der Waals surface area contributed by atoms with E-state index in [1.165, 1.54) is 0 Å². The zero-order valence-corrected chi connectivity index (χ0v) is 12.3. The van der Waals surface area contributed by atoms with Gasteiger partial charge in [-0.3, -0.25) is 0 Å². The molecule has 0 N–H and O–H groups in total. The quantitative estimate of drug-likeness (QED) is 0.364. The molecule has 8 heteroatoms. The minimum absolute atomic E-state index is 0. The Morgan fingerprint density at radius 3 is 0.500 bits per heavy atom. The predicted molar refractivity (Wildman–Crippen MR) is 46.1 cm³/mol. The van der Waals surface area contributed by atoms with Gasteiger partial charge in [0.25, 0.3) is 0 Å². The Balaban J connectivity index is 0. The Kier molecular flexibility index (Phi) is 985. The molecule has 0 aromatic carbocycles. The zero-order chi connectivity index (χ0) is 0. The third-order valence-corrected chi connectivity index (χ3v) is 0. The number of halogens is 6. The van der Waals surface area contributed by atoms with Crippen molar-refractivity contribution in [2.45, 2.75) is 0 Å². The van der Waals surface area contributed by atoms with Gasteiger partial charge in [-0.2, -0.15) is 0 Å². The molecule has 0 saturated carbocycles. The molecule has 0 nitrogen and oxygen atoms in total. The molecule has 0 saturated heterocycles. The zero-order valence-electron chi connectivity index (χ0n) is 3.10. The second-order valence-electron chi connectivity index (χ2n) is 0. The summed E-state index contributed by atoms with van der Waals surface area (Å²) >= 11 is 0. The third kappa shape index (κ3) is 55.7. The van der Waals surface area contributed by atoms with Gasteiger partial charge in [0.05, 0.1) is 0 Å². The van der Waals surface area contributed by atoms with Gasteiger partial charge in [-0.25, -0.2) is 0 Å². The molecule has 0 bridgehead atoms. The first-order valence-corrected chi connectivity index (χ1v) is 0. The van der Waals surface area contributed by atoms with Gasteiger partial charge in [-0.1, -0.05) is 0 Å². The van der Waals surface area contributed by atoms with Crippen LogP contribution in [-0.4, -0.2) is 59.8 Å². The maximum atomic E-state index is 0. The molecule has 0 radical (unpaired) electrons. The molecule has 0 aliphatic heterocycles. The van der Waals surface area contributed by atoms with Crippen LogP contribution in [0.5, 0.6) is 0 Å². The van der Waals surface area contributed by atoms with Gasteiger partial charge in [0.15, 0.2) is 0 Å². The number of hydrogen-bond donors (Lipinski definition) is 0. The van der Waals surface area contributed by atoms with E-state index >= 15 is 0 Å². The topological polar surface area (TPSA) is 0 Å². The van der Waals surface area contributed by atoms with Gasteiger partial charge < -0.3 is 24.8 Å². The molecule has 0 aromatic heterocycles. The van der Waals surface area contributed by atoms with Gasteiger partial charge >= 0.3 is 48.9 Å². The molecule has 8 heavy (non-hydrogen) atoms. The van der Waals surface area contributed by atoms with E-state index in [9.17, 15) is 0 Å². The first-order chi connectivity index (χ1) is 0. The van der Waals surface area contributed by atoms with Crippen LogP contribution in [0.15, 0.2) is 0 Å². The van der Waals surface area contributed by atoms with E-state index < -0.39 is 0 Å². The predicted octanol–water partition coefficient (Wildman–Crippen LogP) is -6.14. The van der Waals surface area contributed by atoms with Crippen molar-refractivity contribution in [2.24, 2.45) is 0 Å². The fourth-order valence-electron chi connectivity index (χ4n) is 0. The molecule has 0 fully saturated rings. The molecule has 0 atom stereocenters. The summed E-state index contributed by atoms with van der Waals surface area (Å²) in [6.45, 7) is 0. The summed E-state index contributed by atoms with van der Waals surface area (Å²) in [5, 5.41) is 0. The summed E-state index contributed by atoms with van der Waals surface area (Å²) in [5.41, 5.74) is 0. The van der Waals surface area contributed by atoms with E-state index in [1.54, 1.807) is 0 Å². The fourth-order valence-corrected chi connectivity index (χ4v) is 0. The van der Waals surface area contributed by atoms with Crippen LogP contribution in [0.25, 0.3) is 0 Å². The van der Waals surface area contributed by atoms with Gasteiger partial charge in [0.2, 0.25) is 0 Å². The van der Waals surface area contributed by atoms with Gasteiger partial charge in [-0.15, -0.1) is 49.6 Å². The smallest absolute Gasteiger partial charge is 1.00 e. The van der Waals surface area contributed by atoms with Gasteiger partial charge in [0.1, 0.15) is 0 Å². The number of hydrogen-bond acceptors (Lipinski definition) is 0. The standard InChI is InChI=1S/Ba.6ClH.H4Si/h;6*1H;1H4/q+2;;;;;;;/p-2. The van der Waals surface area contributed by atoms with Crippen molar-refractivity contribution in [3.8, 4) is 0 Å². The SMILES string of the molecule is Cl.Cl.Cl.Cl.[Ba+2].[Cl-].[Cl-].[SiH4]. The summed E-state index contributed by atoms with van der Waals surface area (Å²) in [7, 11) is 0. The Bertz CT molecular complexity index is 8.49. The molecule has 0 amide bonds. The van der Waals surface area contributed by atoms with E-state index in [1.807, 2.05) is 0 Å². The van der Waals surface area contributed by atoms with E-state index in [4.69, 9.17) is 0 Å². The minimum atomic E-state index is 0. The van der Waals surface area contributed by atoms with E-state index in [0.717, 1.165) is 0 Å². The van der Waals surface area contributed by atoms with Crippen molar-refractivity contribution >= 4 is 109 Å². The van der Waals surface area contributed by atoms with Crippen LogP contribution in [0.4, 0.5) is 0 Å². The first-order valence-electron chi connectivity index (χ1n) is 0. The van der Waals surface area contributed by atoms with Crippen LogP contribution in [0, 0.1) is 0 Å². The van der Waals surface area contributed by atoms with Crippen molar-refractivity contribution in [3.05, 3.63) is 0 Å². The maximum absolute atomic E-state index is 0. The van der Waals surface area contributed by atoms with E-state index in [0.29, 0.717) is 0 Å². The summed E-state index contributed by atoms with van der Waals surface area (Å²) in [5.74, 6) is 0. The van der Waals surface area contributed by atoms with Crippen molar-refractivity contribution in [3.63, 3.8) is 0 Å². The van der Waals surface area contributed by atoms with Crippen LogP contribution < -0.4 is 24.8 Å². The molecular formula is H8BaCl6Si. The molecule has 0 unspecified atom stereocenters. The fraction of sp³-hybridized carbons (Fsp3) is 0. The Morgan fingerprint density at radius 2 is 0.500 bits per heavy atom. The largest absolute Gasteiger partial charge is 2.00 e. The molecule has 0 aliphatic rings. The van der Waals surface area contributed by atoms with Crippen LogP contribution in [0.1, 0.15) is 0 Å². The molecule has 0 aromatic rings. The molecule has 0 heterocycles. The normalized spacial score (nSPS) is 0. The maximum Gasteiger partial charge on any atom is 2.00 e. The van der Waals surface area contributed by atoms with Crippen molar-refractivity contribution in [1.29, 1.82) is 0 Å². The molecule has 0 spiro atoms. The summed E-state index contributed by atoms with van der Waals surface area (Å²) in [6, 6.07) is 0. The summed E-state index contributed by atoms with van der Waals surface area (Å²) in [6.07, 6.45) is 0. The molecule has 56 valence electrons. The van der Waals surface area contributed by atoms with Crippen LogP contribution in [0.2, 0.25) is 0 Å². The number of rotatable bonds is 0. The average Bonchev–Trinajstić information content (AvgIpc) is 0. The summed E-state index contributed by atoms with van der Waals surface area (Å²) in [4.78, 5) is 0. The Labute approximate surface area is 132 Å². The minimum Gasteiger partial charge on any atom is -1.00 e. The summed E-state index contributed by atoms with van der Waals surface area (Å²) < 4.78 is 0. The van der Waals surface area contributed by atoms with Crippen molar-refractivity contribution in [2.75, 3.05) is 0 Å². The molecular weight excluding hydrogens is 378 g/mol. The second-order valence-corrected chi connectivity index (χ2v) is 0. The van der Waals surface area contributed by atoms with E-state index in [2.05, 4.69) is 0 Å². The molecule has 0 rings (SSSR count). The van der Waals surface area contributed by atoms with Crippen LogP contribution in [-0.2, 0) is 0 Å². The average molecular weight is 386 g/mol. The van der Waals surface area contributed by atoms with E-state index in [-0.39, 0.29) is 134 Å². The Hall–Kier alpha value is 3.53. The second kappa shape index (κ2) is 76.8. The van der Waals surface area contributed by atoms with Crippen molar-refractivity contribution in [1.82, 2.24) is 0 Å².